The Morgan fingerprint density at radius 1 is 1.00 bits per heavy atom. The lowest BCUT2D eigenvalue weighted by molar-refractivity contribution is -0.153. The lowest BCUT2D eigenvalue weighted by atomic mass is 9.47. The van der Waals surface area contributed by atoms with E-state index in [1.54, 1.807) is 0 Å². The van der Waals surface area contributed by atoms with Gasteiger partial charge in [-0.05, 0) is 135 Å². The van der Waals surface area contributed by atoms with Gasteiger partial charge in [0.1, 0.15) is 17.4 Å². The molecule has 1 heterocycles. The maximum Gasteiger partial charge on any atom is 0.344 e. The number of carbonyl (C=O) groups excluding carboxylic acids is 1. The lowest BCUT2D eigenvalue weighted by Gasteiger charge is -2.58. The lowest BCUT2D eigenvalue weighted by Crippen LogP contribution is -2.51. The van der Waals surface area contributed by atoms with Crippen LogP contribution in [0.25, 0.3) is 11.0 Å². The van der Waals surface area contributed by atoms with Crippen LogP contribution in [0.5, 0.6) is 5.75 Å². The van der Waals surface area contributed by atoms with Crippen molar-refractivity contribution in [3.63, 3.8) is 0 Å². The molecule has 0 N–H and O–H groups in total. The highest BCUT2D eigenvalue weighted by atomic mass is 16.6. The number of hydrogen-bond acceptors (Lipinski definition) is 5. The van der Waals surface area contributed by atoms with Crippen LogP contribution in [-0.2, 0) is 22.4 Å². The predicted molar refractivity (Wildman–Crippen MR) is 188 cm³/mol. The number of benzene rings is 1. The molecule has 8 atom stereocenters. The molecular weight excluding hydrogens is 584 g/mol. The molecule has 0 spiro atoms. The van der Waals surface area contributed by atoms with Gasteiger partial charge in [0, 0.05) is 22.9 Å². The number of esters is 1. The van der Waals surface area contributed by atoms with Crippen LogP contribution in [0.15, 0.2) is 33.0 Å². The van der Waals surface area contributed by atoms with Gasteiger partial charge in [0.25, 0.3) is 0 Å². The summed E-state index contributed by atoms with van der Waals surface area (Å²) in [6.45, 7) is 14.2. The number of carbonyl (C=O) groups is 1. The van der Waals surface area contributed by atoms with Crippen LogP contribution >= 0.6 is 0 Å². The first-order valence-electron chi connectivity index (χ1n) is 19.1. The Bertz CT molecular complexity index is 1600. The monoisotopic (exact) mass is 642 g/mol. The van der Waals surface area contributed by atoms with Crippen molar-refractivity contribution in [1.29, 1.82) is 0 Å². The molecule has 3 saturated carbocycles. The number of hydrogen-bond donors (Lipinski definition) is 0. The molecule has 0 bridgehead atoms. The van der Waals surface area contributed by atoms with Crippen molar-refractivity contribution in [2.24, 2.45) is 46.3 Å². The topological polar surface area (TPSA) is 65.7 Å². The van der Waals surface area contributed by atoms with Gasteiger partial charge in [-0.1, -0.05) is 65.5 Å². The van der Waals surface area contributed by atoms with Gasteiger partial charge in [-0.25, -0.2) is 9.59 Å². The Balaban J connectivity index is 0.966. The first-order chi connectivity index (χ1) is 22.5. The third-order valence-electron chi connectivity index (χ3n) is 14.2. The van der Waals surface area contributed by atoms with Crippen molar-refractivity contribution < 1.29 is 18.7 Å². The Hall–Kier alpha value is -2.56. The summed E-state index contributed by atoms with van der Waals surface area (Å²) < 4.78 is 17.7. The molecule has 5 heteroatoms. The van der Waals surface area contributed by atoms with Gasteiger partial charge in [0.05, 0.1) is 0 Å². The third-order valence-corrected chi connectivity index (χ3v) is 14.2. The van der Waals surface area contributed by atoms with E-state index in [0.717, 1.165) is 96.1 Å². The van der Waals surface area contributed by atoms with E-state index >= 15 is 0 Å². The van der Waals surface area contributed by atoms with Crippen molar-refractivity contribution in [2.45, 2.75) is 138 Å². The minimum Gasteiger partial charge on any atom is -0.481 e. The van der Waals surface area contributed by atoms with E-state index in [4.69, 9.17) is 13.9 Å². The summed E-state index contributed by atoms with van der Waals surface area (Å²) in [5.41, 5.74) is 5.28. The van der Waals surface area contributed by atoms with E-state index in [-0.39, 0.29) is 29.7 Å². The van der Waals surface area contributed by atoms with Crippen LogP contribution in [0.3, 0.4) is 0 Å². The Morgan fingerprint density at radius 2 is 1.81 bits per heavy atom. The average Bonchev–Trinajstić information content (AvgIpc) is 3.67. The van der Waals surface area contributed by atoms with Crippen LogP contribution < -0.4 is 10.4 Å². The standard InChI is InChI=1S/C42H58O5/c1-25(2)9-7-10-26(3)34-16-17-35-33-14-13-28-23-29(19-21-41(28,5)36(33)20-22-42(34,35)6)46-38(43)24-45-37-18-15-31-30-11-8-12-32(30)40(44)47-39(31)27(37)4/h13,15,18,25-26,29,33-36H,7-12,14,16-17,19-24H2,1-6H3/t26-,29+,33+,34-,35-,36+,41+,42-/m1/s1. The van der Waals surface area contributed by atoms with E-state index in [0.29, 0.717) is 16.7 Å². The quantitative estimate of drug-likeness (QED) is 0.155. The zero-order valence-corrected chi connectivity index (χ0v) is 29.9. The summed E-state index contributed by atoms with van der Waals surface area (Å²) in [5, 5.41) is 0.986. The second kappa shape index (κ2) is 12.7. The highest BCUT2D eigenvalue weighted by Crippen LogP contribution is 2.67. The number of rotatable bonds is 9. The predicted octanol–water partition coefficient (Wildman–Crippen LogP) is 9.92. The van der Waals surface area contributed by atoms with E-state index < -0.39 is 0 Å². The van der Waals surface area contributed by atoms with Crippen LogP contribution in [0.4, 0.5) is 0 Å². The molecule has 0 aliphatic heterocycles. The van der Waals surface area contributed by atoms with Gasteiger partial charge in [-0.3, -0.25) is 0 Å². The first kappa shape index (κ1) is 33.0. The Morgan fingerprint density at radius 3 is 2.62 bits per heavy atom. The van der Waals surface area contributed by atoms with Gasteiger partial charge in [0.2, 0.25) is 0 Å². The smallest absolute Gasteiger partial charge is 0.344 e. The van der Waals surface area contributed by atoms with Crippen molar-refractivity contribution in [3.05, 3.63) is 50.9 Å². The molecule has 3 fully saturated rings. The van der Waals surface area contributed by atoms with Gasteiger partial charge in [0.15, 0.2) is 6.61 Å². The number of aryl methyl sites for hydroxylation is 2. The van der Waals surface area contributed by atoms with E-state index in [9.17, 15) is 9.59 Å². The molecule has 47 heavy (non-hydrogen) atoms. The molecule has 1 aromatic carbocycles. The van der Waals surface area contributed by atoms with Crippen molar-refractivity contribution in [2.75, 3.05) is 6.61 Å². The summed E-state index contributed by atoms with van der Waals surface area (Å²) in [7, 11) is 0. The summed E-state index contributed by atoms with van der Waals surface area (Å²) in [6.07, 6.45) is 19.0. The summed E-state index contributed by atoms with van der Waals surface area (Å²) in [4.78, 5) is 25.6. The van der Waals surface area contributed by atoms with Crippen molar-refractivity contribution >= 4 is 16.9 Å². The number of fused-ring (bicyclic) bond motifs is 8. The van der Waals surface area contributed by atoms with Crippen molar-refractivity contribution in [3.8, 4) is 5.75 Å². The third kappa shape index (κ3) is 5.80. The maximum absolute atomic E-state index is 13.0. The van der Waals surface area contributed by atoms with E-state index in [2.05, 4.69) is 40.7 Å². The molecule has 5 aliphatic rings. The molecule has 5 nitrogen and oxygen atoms in total. The molecule has 1 aromatic heterocycles. The molecule has 0 amide bonds. The van der Waals surface area contributed by atoms with Crippen molar-refractivity contribution in [1.82, 2.24) is 0 Å². The number of allylic oxidation sites excluding steroid dienone is 1. The molecular formula is C42H58O5. The van der Waals surface area contributed by atoms with Crippen LogP contribution in [0, 0.1) is 53.3 Å². The van der Waals surface area contributed by atoms with E-state index in [1.807, 2.05) is 19.1 Å². The van der Waals surface area contributed by atoms with Crippen LogP contribution in [-0.4, -0.2) is 18.7 Å². The van der Waals surface area contributed by atoms with Crippen LogP contribution in [0.2, 0.25) is 0 Å². The zero-order valence-electron chi connectivity index (χ0n) is 29.9. The minimum atomic E-state index is -0.323. The first-order valence-corrected chi connectivity index (χ1v) is 19.1. The normalized spacial score (nSPS) is 33.5. The molecule has 7 rings (SSSR count). The van der Waals surface area contributed by atoms with Crippen LogP contribution in [0.1, 0.15) is 128 Å². The molecule has 0 saturated heterocycles. The highest BCUT2D eigenvalue weighted by molar-refractivity contribution is 5.86. The second-order valence-electron chi connectivity index (χ2n) is 17.2. The highest BCUT2D eigenvalue weighted by Gasteiger charge is 2.59. The maximum atomic E-state index is 13.0. The SMILES string of the molecule is Cc1c(OCC(=O)O[C@H]2CC[C@@]3(C)C(=CC[C@H]4[C@H]5CC[C@H]([C@H](C)CCCC(C)C)[C@@]5(C)CC[C@@H]43)C2)ccc2c3c(c(=O)oc12)CCC3. The average molecular weight is 643 g/mol. The molecule has 0 radical (unpaired) electrons. The van der Waals surface area contributed by atoms with Gasteiger partial charge in [-0.2, -0.15) is 0 Å². The Labute approximate surface area is 282 Å². The molecule has 0 unspecified atom stereocenters. The molecule has 5 aliphatic carbocycles. The van der Waals surface area contributed by atoms with Gasteiger partial charge < -0.3 is 13.9 Å². The fourth-order valence-electron chi connectivity index (χ4n) is 11.7. The van der Waals surface area contributed by atoms with Gasteiger partial charge >= 0.3 is 11.6 Å². The number of ether oxygens (including phenoxy) is 2. The van der Waals surface area contributed by atoms with E-state index in [1.165, 1.54) is 56.9 Å². The fourth-order valence-corrected chi connectivity index (χ4v) is 11.7. The zero-order chi connectivity index (χ0) is 33.1. The fraction of sp³-hybridized carbons (Fsp3) is 0.714. The summed E-state index contributed by atoms with van der Waals surface area (Å²) in [5.74, 6) is 5.19. The second-order valence-corrected chi connectivity index (χ2v) is 17.2. The minimum absolute atomic E-state index is 0.0864. The Kier molecular flexibility index (Phi) is 8.92. The molecule has 256 valence electrons. The largest absolute Gasteiger partial charge is 0.481 e. The summed E-state index contributed by atoms with van der Waals surface area (Å²) >= 11 is 0. The molecule has 2 aromatic rings. The summed E-state index contributed by atoms with van der Waals surface area (Å²) in [6, 6.07) is 3.86. The van der Waals surface area contributed by atoms with Gasteiger partial charge in [-0.15, -0.1) is 0 Å².